The molecule has 0 spiro atoms. The minimum Gasteiger partial charge on any atom is -0.329 e. The molecule has 1 rings (SSSR count). The maximum Gasteiger partial charge on any atom is 0.217 e. The highest BCUT2D eigenvalue weighted by atomic mass is 32.2. The molecule has 0 aromatic carbocycles. The first-order valence-corrected chi connectivity index (χ1v) is 6.55. The zero-order valence-corrected chi connectivity index (χ0v) is 9.92. The monoisotopic (exact) mass is 220 g/mol. The van der Waals surface area contributed by atoms with Crippen LogP contribution in [0.4, 0.5) is 0 Å². The fourth-order valence-electron chi connectivity index (χ4n) is 1.52. The van der Waals surface area contributed by atoms with Gasteiger partial charge in [0.15, 0.2) is 0 Å². The van der Waals surface area contributed by atoms with Crippen LogP contribution < -0.4 is 5.73 Å². The van der Waals surface area contributed by atoms with Gasteiger partial charge < -0.3 is 5.73 Å². The Bertz CT molecular complexity index is 289. The molecule has 0 saturated heterocycles. The average Bonchev–Trinajstić information content (AvgIpc) is 2.80. The first kappa shape index (κ1) is 11.9. The van der Waals surface area contributed by atoms with E-state index in [4.69, 9.17) is 5.73 Å². The fraction of sp³-hybridized carbons (Fsp3) is 1.00. The SMILES string of the molecule is CC1CC1CN(C)S(=O)(=O)C(C)CN. The van der Waals surface area contributed by atoms with Crippen molar-refractivity contribution < 1.29 is 8.42 Å². The molecule has 0 aromatic heterocycles. The fourth-order valence-corrected chi connectivity index (χ4v) is 2.77. The van der Waals surface area contributed by atoms with E-state index in [0.29, 0.717) is 18.4 Å². The molecule has 1 aliphatic carbocycles. The van der Waals surface area contributed by atoms with Gasteiger partial charge in [0.05, 0.1) is 5.25 Å². The molecule has 84 valence electrons. The van der Waals surface area contributed by atoms with Gasteiger partial charge >= 0.3 is 0 Å². The van der Waals surface area contributed by atoms with E-state index in [1.807, 2.05) is 0 Å². The first-order valence-electron chi connectivity index (χ1n) is 5.04. The Balaban J connectivity index is 2.54. The van der Waals surface area contributed by atoms with E-state index in [1.165, 1.54) is 4.31 Å². The largest absolute Gasteiger partial charge is 0.329 e. The molecule has 1 saturated carbocycles. The highest BCUT2D eigenvalue weighted by Gasteiger charge is 2.36. The van der Waals surface area contributed by atoms with Gasteiger partial charge in [0.25, 0.3) is 0 Å². The molecule has 0 aliphatic heterocycles. The van der Waals surface area contributed by atoms with E-state index in [0.717, 1.165) is 6.42 Å². The van der Waals surface area contributed by atoms with E-state index >= 15 is 0 Å². The van der Waals surface area contributed by atoms with Crippen LogP contribution >= 0.6 is 0 Å². The van der Waals surface area contributed by atoms with Gasteiger partial charge in [-0.2, -0.15) is 0 Å². The van der Waals surface area contributed by atoms with Crippen LogP contribution in [0.3, 0.4) is 0 Å². The van der Waals surface area contributed by atoms with Crippen LogP contribution in [-0.4, -0.2) is 38.1 Å². The minimum atomic E-state index is -3.16. The van der Waals surface area contributed by atoms with Gasteiger partial charge in [-0.05, 0) is 25.2 Å². The summed E-state index contributed by atoms with van der Waals surface area (Å²) in [5, 5.41) is -0.471. The van der Waals surface area contributed by atoms with Crippen LogP contribution in [0.5, 0.6) is 0 Å². The number of nitrogens with two attached hydrogens (primary N) is 1. The van der Waals surface area contributed by atoms with E-state index < -0.39 is 15.3 Å². The molecule has 3 unspecified atom stereocenters. The van der Waals surface area contributed by atoms with Crippen LogP contribution in [-0.2, 0) is 10.0 Å². The minimum absolute atomic E-state index is 0.187. The zero-order valence-electron chi connectivity index (χ0n) is 9.10. The summed E-state index contributed by atoms with van der Waals surface area (Å²) < 4.78 is 25.0. The lowest BCUT2D eigenvalue weighted by molar-refractivity contribution is 0.437. The van der Waals surface area contributed by atoms with E-state index in [9.17, 15) is 8.42 Å². The third-order valence-corrected chi connectivity index (χ3v) is 5.27. The van der Waals surface area contributed by atoms with Crippen molar-refractivity contribution in [3.8, 4) is 0 Å². The van der Waals surface area contributed by atoms with Gasteiger partial charge in [0.1, 0.15) is 0 Å². The molecule has 4 nitrogen and oxygen atoms in total. The maximum atomic E-state index is 11.8. The van der Waals surface area contributed by atoms with E-state index in [2.05, 4.69) is 6.92 Å². The molecule has 14 heavy (non-hydrogen) atoms. The molecule has 1 fully saturated rings. The predicted octanol–water partition coefficient (Wildman–Crippen LogP) is 0.251. The van der Waals surface area contributed by atoms with Crippen LogP contribution in [0.25, 0.3) is 0 Å². The number of rotatable bonds is 5. The summed E-state index contributed by atoms with van der Waals surface area (Å²) in [5.74, 6) is 1.24. The Hall–Kier alpha value is -0.130. The summed E-state index contributed by atoms with van der Waals surface area (Å²) in [6.45, 7) is 4.64. The van der Waals surface area contributed by atoms with E-state index in [-0.39, 0.29) is 6.54 Å². The van der Waals surface area contributed by atoms with Crippen molar-refractivity contribution in [3.63, 3.8) is 0 Å². The van der Waals surface area contributed by atoms with Crippen molar-refractivity contribution in [2.75, 3.05) is 20.1 Å². The number of hydrogen-bond donors (Lipinski definition) is 1. The lowest BCUT2D eigenvalue weighted by Gasteiger charge is -2.20. The van der Waals surface area contributed by atoms with Gasteiger partial charge in [-0.15, -0.1) is 0 Å². The van der Waals surface area contributed by atoms with E-state index in [1.54, 1.807) is 14.0 Å². The summed E-state index contributed by atoms with van der Waals surface area (Å²) in [5.41, 5.74) is 5.36. The number of hydrogen-bond acceptors (Lipinski definition) is 3. The second-order valence-corrected chi connectivity index (χ2v) is 6.80. The van der Waals surface area contributed by atoms with Crippen molar-refractivity contribution in [2.45, 2.75) is 25.5 Å². The summed E-state index contributed by atoms with van der Waals surface area (Å²) in [6.07, 6.45) is 1.15. The molecular formula is C9H20N2O2S. The topological polar surface area (TPSA) is 63.4 Å². The van der Waals surface area contributed by atoms with Crippen LogP contribution in [0.15, 0.2) is 0 Å². The Morgan fingerprint density at radius 1 is 1.57 bits per heavy atom. The van der Waals surface area contributed by atoms with Gasteiger partial charge in [0.2, 0.25) is 10.0 Å². The summed E-state index contributed by atoms with van der Waals surface area (Å²) in [6, 6.07) is 0. The Morgan fingerprint density at radius 2 is 2.07 bits per heavy atom. The molecule has 1 aliphatic rings. The molecule has 0 heterocycles. The lowest BCUT2D eigenvalue weighted by Crippen LogP contribution is -2.39. The molecule has 2 N–H and O–H groups in total. The van der Waals surface area contributed by atoms with Gasteiger partial charge in [-0.3, -0.25) is 0 Å². The van der Waals surface area contributed by atoms with Crippen molar-refractivity contribution in [1.29, 1.82) is 0 Å². The quantitative estimate of drug-likeness (QED) is 0.722. The smallest absolute Gasteiger partial charge is 0.217 e. The standard InChI is InChI=1S/C9H20N2O2S/c1-7-4-9(7)6-11(3)14(12,13)8(2)5-10/h7-9H,4-6,10H2,1-3H3. The van der Waals surface area contributed by atoms with Crippen molar-refractivity contribution in [2.24, 2.45) is 17.6 Å². The zero-order chi connectivity index (χ0) is 10.9. The number of nitrogens with zero attached hydrogens (tertiary/aromatic N) is 1. The lowest BCUT2D eigenvalue weighted by atomic mass is 10.3. The Kier molecular flexibility index (Phi) is 3.55. The highest BCUT2D eigenvalue weighted by molar-refractivity contribution is 7.89. The van der Waals surface area contributed by atoms with Gasteiger partial charge in [0, 0.05) is 20.1 Å². The third-order valence-electron chi connectivity index (χ3n) is 3.04. The van der Waals surface area contributed by atoms with Gasteiger partial charge in [-0.1, -0.05) is 6.92 Å². The molecule has 0 aromatic rings. The van der Waals surface area contributed by atoms with Crippen LogP contribution in [0, 0.1) is 11.8 Å². The first-order chi connectivity index (χ1) is 6.39. The molecule has 3 atom stereocenters. The second kappa shape index (κ2) is 4.16. The summed E-state index contributed by atoms with van der Waals surface area (Å²) >= 11 is 0. The maximum absolute atomic E-state index is 11.8. The van der Waals surface area contributed by atoms with Crippen molar-refractivity contribution >= 4 is 10.0 Å². The average molecular weight is 220 g/mol. The molecule has 0 bridgehead atoms. The van der Waals surface area contributed by atoms with Crippen molar-refractivity contribution in [3.05, 3.63) is 0 Å². The third kappa shape index (κ3) is 2.46. The Morgan fingerprint density at radius 3 is 2.43 bits per heavy atom. The number of sulfonamides is 1. The molecular weight excluding hydrogens is 200 g/mol. The van der Waals surface area contributed by atoms with Crippen molar-refractivity contribution in [1.82, 2.24) is 4.31 Å². The molecule has 0 amide bonds. The van der Waals surface area contributed by atoms with Crippen LogP contribution in [0.1, 0.15) is 20.3 Å². The second-order valence-electron chi connectivity index (χ2n) is 4.34. The Labute approximate surface area is 86.5 Å². The highest BCUT2D eigenvalue weighted by Crippen LogP contribution is 2.38. The molecule has 0 radical (unpaired) electrons. The van der Waals surface area contributed by atoms with Gasteiger partial charge in [-0.25, -0.2) is 12.7 Å². The van der Waals surface area contributed by atoms with Crippen LogP contribution in [0.2, 0.25) is 0 Å². The summed E-state index contributed by atoms with van der Waals surface area (Å²) in [4.78, 5) is 0. The molecule has 5 heteroatoms. The predicted molar refractivity (Wildman–Crippen MR) is 57.3 cm³/mol. The summed E-state index contributed by atoms with van der Waals surface area (Å²) in [7, 11) is -1.51. The normalized spacial score (nSPS) is 29.2.